The summed E-state index contributed by atoms with van der Waals surface area (Å²) in [6.07, 6.45) is 3.17. The molecule has 1 aliphatic rings. The number of likely N-dealkylation sites (tertiary alicyclic amines) is 1. The van der Waals surface area contributed by atoms with Crippen molar-refractivity contribution in [3.05, 3.63) is 40.1 Å². The zero-order valence-corrected chi connectivity index (χ0v) is 10.4. The molecule has 0 bridgehead atoms. The highest BCUT2D eigenvalue weighted by atomic mass is 35.5. The Morgan fingerprint density at radius 2 is 1.88 bits per heavy atom. The van der Waals surface area contributed by atoms with Crippen LogP contribution in [-0.4, -0.2) is 30.1 Å². The maximum Gasteiger partial charge on any atom is 0.177 e. The van der Waals surface area contributed by atoms with E-state index in [1.54, 1.807) is 12.1 Å². The second kappa shape index (κ2) is 5.17. The highest BCUT2D eigenvalue weighted by Crippen LogP contribution is 2.23. The second-order valence-electron chi connectivity index (χ2n) is 4.64. The summed E-state index contributed by atoms with van der Waals surface area (Å²) in [6.45, 7) is 1.13. The van der Waals surface area contributed by atoms with Crippen LogP contribution in [0.15, 0.2) is 24.3 Å². The molecule has 92 valence electrons. The second-order valence-corrected chi connectivity index (χ2v) is 5.08. The molecule has 1 aromatic carbocycles. The van der Waals surface area contributed by atoms with Crippen LogP contribution < -0.4 is 0 Å². The van der Waals surface area contributed by atoms with E-state index < -0.39 is 6.04 Å². The third-order valence-electron chi connectivity index (χ3n) is 3.44. The average molecular weight is 254 g/mol. The third-order valence-corrected chi connectivity index (χ3v) is 3.69. The van der Waals surface area contributed by atoms with Crippen molar-refractivity contribution in [2.24, 2.45) is 0 Å². The first-order valence-electron chi connectivity index (χ1n) is 5.91. The Morgan fingerprint density at radius 3 is 2.41 bits per heavy atom. The van der Waals surface area contributed by atoms with Crippen LogP contribution in [0, 0.1) is 5.21 Å². The molecule has 0 spiro atoms. The first-order valence-corrected chi connectivity index (χ1v) is 6.29. The van der Waals surface area contributed by atoms with Gasteiger partial charge in [-0.05, 0) is 17.7 Å². The number of carbonyl (C=O) groups is 1. The number of aldehydes is 1. The molecule has 1 aliphatic heterocycles. The number of halogens is 1. The van der Waals surface area contributed by atoms with Crippen molar-refractivity contribution in [1.29, 1.82) is 0 Å². The number of benzene rings is 1. The molecule has 0 aromatic heterocycles. The molecule has 0 unspecified atom stereocenters. The number of rotatable bonds is 4. The summed E-state index contributed by atoms with van der Waals surface area (Å²) in [4.78, 5) is 11.1. The number of carbonyl (C=O) groups excluding carboxylic acids is 1. The Balaban J connectivity index is 2.09. The van der Waals surface area contributed by atoms with Crippen LogP contribution in [0.3, 0.4) is 0 Å². The van der Waals surface area contributed by atoms with E-state index in [-0.39, 0.29) is 4.65 Å². The fourth-order valence-electron chi connectivity index (χ4n) is 2.39. The van der Waals surface area contributed by atoms with E-state index in [0.29, 0.717) is 24.5 Å². The largest absolute Gasteiger partial charge is 0.632 e. The Bertz CT molecular complexity index is 385. The van der Waals surface area contributed by atoms with Crippen molar-refractivity contribution in [1.82, 2.24) is 0 Å². The van der Waals surface area contributed by atoms with Gasteiger partial charge < -0.3 is 9.85 Å². The van der Waals surface area contributed by atoms with E-state index in [1.807, 2.05) is 12.1 Å². The van der Waals surface area contributed by atoms with Gasteiger partial charge in [0, 0.05) is 24.3 Å². The minimum atomic E-state index is -0.473. The minimum Gasteiger partial charge on any atom is -0.632 e. The van der Waals surface area contributed by atoms with E-state index >= 15 is 0 Å². The lowest BCUT2D eigenvalue weighted by Crippen LogP contribution is -2.50. The molecule has 3 nitrogen and oxygen atoms in total. The lowest BCUT2D eigenvalue weighted by molar-refractivity contribution is -0.883. The Hall–Kier alpha value is -0.900. The van der Waals surface area contributed by atoms with Crippen molar-refractivity contribution in [3.8, 4) is 0 Å². The molecule has 0 amide bonds. The molecule has 0 saturated carbocycles. The molecule has 1 saturated heterocycles. The van der Waals surface area contributed by atoms with Crippen molar-refractivity contribution in [2.45, 2.75) is 25.3 Å². The van der Waals surface area contributed by atoms with Crippen LogP contribution in [0.1, 0.15) is 18.4 Å². The molecular weight excluding hydrogens is 238 g/mol. The summed E-state index contributed by atoms with van der Waals surface area (Å²) in [6, 6.07) is 6.86. The summed E-state index contributed by atoms with van der Waals surface area (Å²) in [5.41, 5.74) is 0.992. The fraction of sp³-hybridized carbons (Fsp3) is 0.462. The molecule has 1 atom stereocenters. The summed E-state index contributed by atoms with van der Waals surface area (Å²) >= 11 is 5.80. The van der Waals surface area contributed by atoms with Gasteiger partial charge in [0.2, 0.25) is 0 Å². The van der Waals surface area contributed by atoms with Gasteiger partial charge in [0.15, 0.2) is 6.29 Å². The van der Waals surface area contributed by atoms with E-state index in [0.717, 1.165) is 24.7 Å². The van der Waals surface area contributed by atoms with E-state index in [2.05, 4.69) is 0 Å². The van der Waals surface area contributed by atoms with Gasteiger partial charge >= 0.3 is 0 Å². The lowest BCUT2D eigenvalue weighted by atomic mass is 10.1. The van der Waals surface area contributed by atoms with Gasteiger partial charge in [0.05, 0.1) is 13.1 Å². The Labute approximate surface area is 106 Å². The SMILES string of the molecule is O=C[C@@H](Cc1ccc(Cl)cc1)[N+]1([O-])CCCC1. The number of hydroxylamine groups is 3. The van der Waals surface area contributed by atoms with Gasteiger partial charge in [0.1, 0.15) is 6.04 Å². The smallest absolute Gasteiger partial charge is 0.177 e. The lowest BCUT2D eigenvalue weighted by Gasteiger charge is -2.43. The Morgan fingerprint density at radius 1 is 1.29 bits per heavy atom. The predicted molar refractivity (Wildman–Crippen MR) is 67.6 cm³/mol. The molecule has 1 heterocycles. The first kappa shape index (κ1) is 12.6. The molecule has 1 fully saturated rings. The van der Waals surface area contributed by atoms with Gasteiger partial charge in [-0.15, -0.1) is 0 Å². The monoisotopic (exact) mass is 253 g/mol. The van der Waals surface area contributed by atoms with Crippen LogP contribution in [0.4, 0.5) is 0 Å². The zero-order valence-electron chi connectivity index (χ0n) is 9.64. The molecule has 0 N–H and O–H groups in total. The molecule has 1 aromatic rings. The van der Waals surface area contributed by atoms with Gasteiger partial charge in [-0.3, -0.25) is 4.79 Å². The maximum absolute atomic E-state index is 12.4. The molecule has 4 heteroatoms. The highest BCUT2D eigenvalue weighted by Gasteiger charge is 2.32. The molecule has 2 rings (SSSR count). The van der Waals surface area contributed by atoms with Crippen molar-refractivity contribution in [2.75, 3.05) is 13.1 Å². The van der Waals surface area contributed by atoms with E-state index in [4.69, 9.17) is 11.6 Å². The number of hydrogen-bond donors (Lipinski definition) is 0. The number of quaternary nitrogens is 1. The van der Waals surface area contributed by atoms with Crippen LogP contribution in [-0.2, 0) is 11.2 Å². The first-order chi connectivity index (χ1) is 8.14. The van der Waals surface area contributed by atoms with Crippen LogP contribution in [0.25, 0.3) is 0 Å². The number of hydrogen-bond acceptors (Lipinski definition) is 2. The summed E-state index contributed by atoms with van der Waals surface area (Å²) in [5, 5.41) is 13.1. The average Bonchev–Trinajstić information content (AvgIpc) is 2.76. The highest BCUT2D eigenvalue weighted by molar-refractivity contribution is 6.30. The van der Waals surface area contributed by atoms with Crippen LogP contribution in [0.5, 0.6) is 0 Å². The molecule has 0 radical (unpaired) electrons. The van der Waals surface area contributed by atoms with Gasteiger partial charge in [-0.1, -0.05) is 23.7 Å². The van der Waals surface area contributed by atoms with E-state index in [1.165, 1.54) is 0 Å². The van der Waals surface area contributed by atoms with E-state index in [9.17, 15) is 10.0 Å². The number of nitrogens with zero attached hydrogens (tertiary/aromatic N) is 1. The van der Waals surface area contributed by atoms with Gasteiger partial charge in [-0.25, -0.2) is 0 Å². The minimum absolute atomic E-state index is 0.355. The van der Waals surface area contributed by atoms with Crippen molar-refractivity contribution in [3.63, 3.8) is 0 Å². The molecular formula is C13H16ClNO2. The summed E-state index contributed by atoms with van der Waals surface area (Å²) in [7, 11) is 0. The topological polar surface area (TPSA) is 40.1 Å². The quantitative estimate of drug-likeness (QED) is 0.470. The molecule has 17 heavy (non-hydrogen) atoms. The van der Waals surface area contributed by atoms with Crippen LogP contribution in [0.2, 0.25) is 5.02 Å². The standard InChI is InChI=1S/C13H16ClNO2/c14-12-5-3-11(4-6-12)9-13(10-16)15(17)7-1-2-8-15/h3-6,10,13H,1-2,7-9H2/t13-/m1/s1. The van der Waals surface area contributed by atoms with Gasteiger partial charge in [-0.2, -0.15) is 0 Å². The maximum atomic E-state index is 12.4. The fourth-order valence-corrected chi connectivity index (χ4v) is 2.52. The van der Waals surface area contributed by atoms with Crippen molar-refractivity contribution >= 4 is 17.9 Å². The predicted octanol–water partition coefficient (Wildman–Crippen LogP) is 2.56. The Kier molecular flexibility index (Phi) is 3.82. The molecule has 0 aliphatic carbocycles. The van der Waals surface area contributed by atoms with Crippen molar-refractivity contribution < 1.29 is 9.44 Å². The van der Waals surface area contributed by atoms with Gasteiger partial charge in [0.25, 0.3) is 0 Å². The zero-order chi connectivity index (χ0) is 12.3. The third kappa shape index (κ3) is 2.86. The normalized spacial score (nSPS) is 20.1. The summed E-state index contributed by atoms with van der Waals surface area (Å²) < 4.78 is -0.355. The summed E-state index contributed by atoms with van der Waals surface area (Å²) in [5.74, 6) is 0. The van der Waals surface area contributed by atoms with Crippen LogP contribution >= 0.6 is 11.6 Å².